The first-order valence-electron chi connectivity index (χ1n) is 5.94. The fourth-order valence-electron chi connectivity index (χ4n) is 2.07. The monoisotopic (exact) mass is 263 g/mol. The third kappa shape index (κ3) is 3.72. The van der Waals surface area contributed by atoms with Gasteiger partial charge in [0.15, 0.2) is 0 Å². The maximum Gasteiger partial charge on any atom is 0.138 e. The number of rotatable bonds is 1. The zero-order valence-electron chi connectivity index (χ0n) is 11.9. The minimum Gasteiger partial charge on any atom is -0.262 e. The van der Waals surface area contributed by atoms with Gasteiger partial charge in [-0.2, -0.15) is 0 Å². The molecule has 0 aliphatic carbocycles. The molecule has 0 aromatic rings. The van der Waals surface area contributed by atoms with Crippen molar-refractivity contribution in [3.63, 3.8) is 0 Å². The molecule has 1 heterocycles. The summed E-state index contributed by atoms with van der Waals surface area (Å²) in [5, 5.41) is 0. The predicted molar refractivity (Wildman–Crippen MR) is 78.3 cm³/mol. The average Bonchev–Trinajstić information content (AvgIpc) is 1.97. The van der Waals surface area contributed by atoms with Gasteiger partial charge >= 0.3 is 0 Å². The summed E-state index contributed by atoms with van der Waals surface area (Å²) in [7, 11) is 1.67. The van der Waals surface area contributed by atoms with Crippen LogP contribution in [-0.2, 0) is 0 Å². The Morgan fingerprint density at radius 1 is 1.12 bits per heavy atom. The van der Waals surface area contributed by atoms with E-state index in [0.717, 1.165) is 0 Å². The summed E-state index contributed by atoms with van der Waals surface area (Å²) in [6.07, 6.45) is 3.79. The molecule has 0 radical (unpaired) electrons. The Hall–Kier alpha value is 0.420. The van der Waals surface area contributed by atoms with Crippen LogP contribution in [0.15, 0.2) is 9.26 Å². The average molecular weight is 263 g/mol. The maximum absolute atomic E-state index is 5.21. The van der Waals surface area contributed by atoms with E-state index < -0.39 is 14.4 Å². The molecule has 1 unspecified atom stereocenters. The van der Waals surface area contributed by atoms with Crippen LogP contribution in [0.5, 0.6) is 0 Å². The van der Waals surface area contributed by atoms with Gasteiger partial charge in [0.1, 0.15) is 7.36 Å². The molecular weight excluding hydrogens is 236 g/mol. The minimum absolute atomic E-state index is 0.0267. The van der Waals surface area contributed by atoms with E-state index in [0.29, 0.717) is 0 Å². The highest BCUT2D eigenvalue weighted by Crippen LogP contribution is 2.66. The van der Waals surface area contributed by atoms with Crippen molar-refractivity contribution in [2.75, 3.05) is 39.7 Å². The fourth-order valence-corrected chi connectivity index (χ4v) is 10.1. The van der Waals surface area contributed by atoms with E-state index in [1.807, 2.05) is 0 Å². The van der Waals surface area contributed by atoms with Crippen LogP contribution in [0, 0.1) is 0 Å². The zero-order chi connectivity index (χ0) is 12.6. The molecule has 0 aromatic carbocycles. The minimum atomic E-state index is -1.57. The van der Waals surface area contributed by atoms with E-state index in [-0.39, 0.29) is 5.54 Å². The van der Waals surface area contributed by atoms with Gasteiger partial charge in [-0.15, -0.1) is 0 Å². The molecule has 0 N–H and O–H groups in total. The van der Waals surface area contributed by atoms with Crippen LogP contribution in [0.1, 0.15) is 27.2 Å². The van der Waals surface area contributed by atoms with Gasteiger partial charge in [0.25, 0.3) is 0 Å². The van der Waals surface area contributed by atoms with Crippen molar-refractivity contribution in [2.24, 2.45) is 9.26 Å². The predicted octanol–water partition coefficient (Wildman–Crippen LogP) is 4.24. The zero-order valence-corrected chi connectivity index (χ0v) is 13.6. The van der Waals surface area contributed by atoms with Crippen molar-refractivity contribution in [3.05, 3.63) is 0 Å². The molecule has 0 saturated carbocycles. The summed E-state index contributed by atoms with van der Waals surface area (Å²) >= 11 is 0. The van der Waals surface area contributed by atoms with E-state index in [2.05, 4.69) is 52.9 Å². The Morgan fingerprint density at radius 2 is 1.69 bits per heavy atom. The van der Waals surface area contributed by atoms with Gasteiger partial charge in [0, 0.05) is 6.16 Å². The lowest BCUT2D eigenvalue weighted by atomic mass is 10.1. The van der Waals surface area contributed by atoms with Gasteiger partial charge in [0.05, 0.1) is 5.54 Å². The largest absolute Gasteiger partial charge is 0.262 e. The molecule has 0 aromatic heterocycles. The van der Waals surface area contributed by atoms with E-state index in [1.54, 1.807) is 0 Å². The molecule has 5 heteroatoms. The number of nitrogens with zero attached hydrogens (tertiary/aromatic N) is 3. The Bertz CT molecular complexity index is 358. The maximum atomic E-state index is 5.21. The standard InChI is InChI=1S/C11H27N3P2/c1-11(2,3)12-16(14(4)5)10-8-9-15(6,7)13-16/h8-10H2,1-7H3. The normalized spacial score (nSPS) is 30.0. The second kappa shape index (κ2) is 4.59. The molecule has 0 fully saturated rings. The first-order chi connectivity index (χ1) is 7.06. The van der Waals surface area contributed by atoms with E-state index in [4.69, 9.17) is 9.26 Å². The molecule has 0 amide bonds. The molecule has 16 heavy (non-hydrogen) atoms. The quantitative estimate of drug-likeness (QED) is 0.650. The van der Waals surface area contributed by atoms with E-state index in [1.165, 1.54) is 18.7 Å². The number of hydrogen-bond donors (Lipinski definition) is 0. The SMILES string of the molecule is CN(C)P1(=NC(C)(C)C)CCCP(C)(C)=N1. The van der Waals surface area contributed by atoms with Crippen molar-refractivity contribution < 1.29 is 0 Å². The van der Waals surface area contributed by atoms with Crippen LogP contribution in [0.25, 0.3) is 0 Å². The first-order valence-corrected chi connectivity index (χ1v) is 10.6. The second-order valence-corrected chi connectivity index (χ2v) is 13.6. The fraction of sp³-hybridized carbons (Fsp3) is 1.00. The Kier molecular flexibility index (Phi) is 4.16. The molecule has 0 saturated heterocycles. The second-order valence-electron chi connectivity index (χ2n) is 6.32. The van der Waals surface area contributed by atoms with Crippen molar-refractivity contribution >= 4 is 14.4 Å². The van der Waals surface area contributed by atoms with Crippen molar-refractivity contribution in [1.29, 1.82) is 0 Å². The van der Waals surface area contributed by atoms with Crippen LogP contribution in [0.4, 0.5) is 0 Å². The highest BCUT2D eigenvalue weighted by atomic mass is 31.2. The van der Waals surface area contributed by atoms with Gasteiger partial charge in [-0.1, -0.05) is 0 Å². The first kappa shape index (κ1) is 14.5. The van der Waals surface area contributed by atoms with Gasteiger partial charge < -0.3 is 0 Å². The smallest absolute Gasteiger partial charge is 0.138 e. The van der Waals surface area contributed by atoms with Crippen LogP contribution < -0.4 is 0 Å². The highest BCUT2D eigenvalue weighted by Gasteiger charge is 2.30. The van der Waals surface area contributed by atoms with Gasteiger partial charge in [0.2, 0.25) is 0 Å². The molecule has 0 spiro atoms. The summed E-state index contributed by atoms with van der Waals surface area (Å²) in [5.41, 5.74) is 0.0267. The number of hydrogen-bond acceptors (Lipinski definition) is 1. The van der Waals surface area contributed by atoms with Gasteiger partial charge in [-0.3, -0.25) is 9.42 Å². The topological polar surface area (TPSA) is 28.0 Å². The van der Waals surface area contributed by atoms with E-state index >= 15 is 0 Å². The Labute approximate surface area is 101 Å². The summed E-state index contributed by atoms with van der Waals surface area (Å²) in [6, 6.07) is 0. The molecular formula is C11H27N3P2. The summed E-state index contributed by atoms with van der Waals surface area (Å²) in [5.74, 6) is 0. The molecule has 3 nitrogen and oxygen atoms in total. The molecule has 1 atom stereocenters. The van der Waals surface area contributed by atoms with Crippen LogP contribution in [0.2, 0.25) is 0 Å². The van der Waals surface area contributed by atoms with Gasteiger partial charge in [-0.05, 0) is 67.8 Å². The highest BCUT2D eigenvalue weighted by molar-refractivity contribution is 7.75. The molecule has 96 valence electrons. The summed E-state index contributed by atoms with van der Waals surface area (Å²) < 4.78 is 12.6. The lowest BCUT2D eigenvalue weighted by Crippen LogP contribution is -2.18. The Balaban J connectivity index is 3.34. The molecule has 1 aliphatic heterocycles. The Morgan fingerprint density at radius 3 is 2.06 bits per heavy atom. The lowest BCUT2D eigenvalue weighted by Gasteiger charge is -2.37. The van der Waals surface area contributed by atoms with Crippen molar-refractivity contribution in [3.8, 4) is 0 Å². The third-order valence-electron chi connectivity index (χ3n) is 2.65. The van der Waals surface area contributed by atoms with Crippen molar-refractivity contribution in [2.45, 2.75) is 32.7 Å². The summed E-state index contributed by atoms with van der Waals surface area (Å²) in [6.45, 7) is 11.3. The van der Waals surface area contributed by atoms with E-state index in [9.17, 15) is 0 Å². The lowest BCUT2D eigenvalue weighted by molar-refractivity contribution is 0.571. The summed E-state index contributed by atoms with van der Waals surface area (Å²) in [4.78, 5) is 0. The molecule has 1 aliphatic rings. The van der Waals surface area contributed by atoms with Crippen molar-refractivity contribution in [1.82, 2.24) is 4.67 Å². The van der Waals surface area contributed by atoms with Crippen LogP contribution >= 0.6 is 14.4 Å². The van der Waals surface area contributed by atoms with Crippen LogP contribution in [0.3, 0.4) is 0 Å². The molecule has 0 bridgehead atoms. The third-order valence-corrected chi connectivity index (χ3v) is 10.3. The van der Waals surface area contributed by atoms with Gasteiger partial charge in [-0.25, -0.2) is 4.52 Å². The molecule has 1 rings (SSSR count). The van der Waals surface area contributed by atoms with Crippen LogP contribution in [-0.4, -0.2) is 50.0 Å².